The van der Waals surface area contributed by atoms with Crippen molar-refractivity contribution in [1.82, 2.24) is 15.0 Å². The zero-order valence-corrected chi connectivity index (χ0v) is 21.1. The highest BCUT2D eigenvalue weighted by Crippen LogP contribution is 2.36. The summed E-state index contributed by atoms with van der Waals surface area (Å²) < 4.78 is 11.5. The summed E-state index contributed by atoms with van der Waals surface area (Å²) in [4.78, 5) is 27.2. The Hall–Kier alpha value is -4.46. The van der Waals surface area contributed by atoms with Crippen molar-refractivity contribution in [3.05, 3.63) is 90.3 Å². The molecule has 1 unspecified atom stereocenters. The third kappa shape index (κ3) is 5.38. The van der Waals surface area contributed by atoms with E-state index < -0.39 is 6.09 Å². The Morgan fingerprint density at radius 3 is 2.49 bits per heavy atom. The van der Waals surface area contributed by atoms with Crippen LogP contribution < -0.4 is 15.0 Å². The average molecular weight is 496 g/mol. The first-order valence-electron chi connectivity index (χ1n) is 12.4. The summed E-state index contributed by atoms with van der Waals surface area (Å²) in [5.41, 5.74) is 3.07. The van der Waals surface area contributed by atoms with E-state index in [1.807, 2.05) is 74.5 Å². The molecule has 8 heteroatoms. The molecule has 0 aliphatic carbocycles. The van der Waals surface area contributed by atoms with Crippen molar-refractivity contribution < 1.29 is 14.3 Å². The summed E-state index contributed by atoms with van der Waals surface area (Å²) in [7, 11) is 0. The smallest absolute Gasteiger partial charge is 0.417 e. The SMILES string of the molecule is CCC1COC(=O)N1c1nc(C)nc(N[C@@H](C)c2ccc(Oc3ccccc3)c(-c3ccccc3)c2)n1. The maximum atomic E-state index is 12.3. The normalized spacial score (nSPS) is 15.8. The van der Waals surface area contributed by atoms with Crippen molar-refractivity contribution >= 4 is 18.0 Å². The Morgan fingerprint density at radius 1 is 1.03 bits per heavy atom. The first-order valence-corrected chi connectivity index (χ1v) is 12.4. The summed E-state index contributed by atoms with van der Waals surface area (Å²) in [6.45, 7) is 6.16. The van der Waals surface area contributed by atoms with Gasteiger partial charge in [-0.3, -0.25) is 0 Å². The Labute approximate surface area is 216 Å². The molecule has 1 aliphatic rings. The van der Waals surface area contributed by atoms with Crippen LogP contribution in [0.15, 0.2) is 78.9 Å². The molecule has 1 amide bonds. The van der Waals surface area contributed by atoms with E-state index in [1.165, 1.54) is 4.90 Å². The van der Waals surface area contributed by atoms with Crippen LogP contribution in [0.1, 0.15) is 37.7 Å². The van der Waals surface area contributed by atoms with Gasteiger partial charge in [0.1, 0.15) is 23.9 Å². The van der Waals surface area contributed by atoms with Gasteiger partial charge in [0.2, 0.25) is 11.9 Å². The zero-order chi connectivity index (χ0) is 25.8. The number of aryl methyl sites for hydroxylation is 1. The quantitative estimate of drug-likeness (QED) is 0.296. The lowest BCUT2D eigenvalue weighted by Crippen LogP contribution is -2.34. The molecule has 1 N–H and O–H groups in total. The molecule has 2 atom stereocenters. The van der Waals surface area contributed by atoms with Crippen LogP contribution in [0, 0.1) is 6.92 Å². The van der Waals surface area contributed by atoms with Gasteiger partial charge in [-0.25, -0.2) is 9.69 Å². The second-order valence-corrected chi connectivity index (χ2v) is 8.92. The van der Waals surface area contributed by atoms with Crippen molar-refractivity contribution in [2.45, 2.75) is 39.3 Å². The van der Waals surface area contributed by atoms with Gasteiger partial charge in [0, 0.05) is 5.56 Å². The van der Waals surface area contributed by atoms with Crippen molar-refractivity contribution in [1.29, 1.82) is 0 Å². The monoisotopic (exact) mass is 495 g/mol. The lowest BCUT2D eigenvalue weighted by molar-refractivity contribution is 0.178. The highest BCUT2D eigenvalue weighted by atomic mass is 16.6. The number of para-hydroxylation sites is 1. The van der Waals surface area contributed by atoms with E-state index in [2.05, 4.69) is 38.5 Å². The number of nitrogens with one attached hydrogen (secondary N) is 1. The summed E-state index contributed by atoms with van der Waals surface area (Å²) >= 11 is 0. The fourth-order valence-electron chi connectivity index (χ4n) is 4.29. The molecule has 1 saturated heterocycles. The molecule has 1 aliphatic heterocycles. The summed E-state index contributed by atoms with van der Waals surface area (Å²) in [6.07, 6.45) is 0.313. The van der Waals surface area contributed by atoms with E-state index in [0.29, 0.717) is 24.3 Å². The maximum Gasteiger partial charge on any atom is 0.417 e. The summed E-state index contributed by atoms with van der Waals surface area (Å²) in [5.74, 6) is 2.76. The van der Waals surface area contributed by atoms with Crippen LogP contribution in [-0.2, 0) is 4.74 Å². The van der Waals surface area contributed by atoms with E-state index >= 15 is 0 Å². The predicted octanol–water partition coefficient (Wildman–Crippen LogP) is 6.55. The molecule has 0 spiro atoms. The molecular formula is C29H29N5O3. The molecule has 188 valence electrons. The van der Waals surface area contributed by atoms with Crippen molar-refractivity contribution in [2.24, 2.45) is 0 Å². The number of hydrogen-bond acceptors (Lipinski definition) is 7. The largest absolute Gasteiger partial charge is 0.457 e. The minimum absolute atomic E-state index is 0.0924. The molecule has 4 aromatic rings. The fraction of sp³-hybridized carbons (Fsp3) is 0.241. The van der Waals surface area contributed by atoms with Gasteiger partial charge in [0.25, 0.3) is 0 Å². The third-order valence-electron chi connectivity index (χ3n) is 6.29. The van der Waals surface area contributed by atoms with Gasteiger partial charge >= 0.3 is 6.09 Å². The van der Waals surface area contributed by atoms with E-state index in [0.717, 1.165) is 34.6 Å². The first-order chi connectivity index (χ1) is 18.0. The van der Waals surface area contributed by atoms with E-state index in [9.17, 15) is 4.79 Å². The van der Waals surface area contributed by atoms with Crippen molar-refractivity contribution in [3.8, 4) is 22.6 Å². The number of ether oxygens (including phenoxy) is 2. The Kier molecular flexibility index (Phi) is 6.98. The number of hydrogen-bond donors (Lipinski definition) is 1. The number of anilines is 2. The van der Waals surface area contributed by atoms with Crippen LogP contribution >= 0.6 is 0 Å². The van der Waals surface area contributed by atoms with Crippen LogP contribution in [0.5, 0.6) is 11.5 Å². The highest BCUT2D eigenvalue weighted by molar-refractivity contribution is 5.88. The van der Waals surface area contributed by atoms with Crippen LogP contribution in [0.25, 0.3) is 11.1 Å². The highest BCUT2D eigenvalue weighted by Gasteiger charge is 2.35. The van der Waals surface area contributed by atoms with Gasteiger partial charge in [0.05, 0.1) is 12.1 Å². The van der Waals surface area contributed by atoms with Crippen molar-refractivity contribution in [3.63, 3.8) is 0 Å². The van der Waals surface area contributed by atoms with E-state index in [4.69, 9.17) is 9.47 Å². The number of aromatic nitrogens is 3. The second-order valence-electron chi connectivity index (χ2n) is 8.92. The van der Waals surface area contributed by atoms with Crippen LogP contribution in [0.4, 0.5) is 16.7 Å². The minimum atomic E-state index is -0.432. The number of carbonyl (C=O) groups excluding carboxylic acids is 1. The van der Waals surface area contributed by atoms with Crippen LogP contribution in [0.2, 0.25) is 0 Å². The Balaban J connectivity index is 1.44. The molecule has 0 saturated carbocycles. The number of benzene rings is 3. The van der Waals surface area contributed by atoms with Crippen LogP contribution in [0.3, 0.4) is 0 Å². The summed E-state index contributed by atoms with van der Waals surface area (Å²) in [5, 5.41) is 3.38. The maximum absolute atomic E-state index is 12.3. The topological polar surface area (TPSA) is 89.5 Å². The van der Waals surface area contributed by atoms with Gasteiger partial charge in [-0.2, -0.15) is 15.0 Å². The van der Waals surface area contributed by atoms with E-state index in [1.54, 1.807) is 6.92 Å². The molecular weight excluding hydrogens is 466 g/mol. The standard InChI is InChI=1S/C29H29N5O3/c1-4-23-18-36-29(35)34(23)28-32-20(3)31-27(33-28)30-19(2)22-15-16-26(37-24-13-9-6-10-14-24)25(17-22)21-11-7-5-8-12-21/h5-17,19,23H,4,18H2,1-3H3,(H,30,31,32,33)/t19-,23?/m0/s1. The van der Waals surface area contributed by atoms with Gasteiger partial charge < -0.3 is 14.8 Å². The molecule has 2 heterocycles. The molecule has 8 nitrogen and oxygen atoms in total. The lowest BCUT2D eigenvalue weighted by Gasteiger charge is -2.21. The third-order valence-corrected chi connectivity index (χ3v) is 6.29. The second kappa shape index (κ2) is 10.7. The summed E-state index contributed by atoms with van der Waals surface area (Å²) in [6, 6.07) is 25.8. The van der Waals surface area contributed by atoms with Crippen molar-refractivity contribution in [2.75, 3.05) is 16.8 Å². The van der Waals surface area contributed by atoms with Gasteiger partial charge in [-0.15, -0.1) is 0 Å². The fourth-order valence-corrected chi connectivity index (χ4v) is 4.29. The Morgan fingerprint density at radius 2 is 1.76 bits per heavy atom. The Bertz CT molecular complexity index is 1380. The number of carbonyl (C=O) groups is 1. The van der Waals surface area contributed by atoms with Gasteiger partial charge in [-0.1, -0.05) is 61.5 Å². The van der Waals surface area contributed by atoms with Gasteiger partial charge in [0.15, 0.2) is 0 Å². The molecule has 0 radical (unpaired) electrons. The molecule has 0 bridgehead atoms. The number of cyclic esters (lactones) is 1. The predicted molar refractivity (Wildman–Crippen MR) is 143 cm³/mol. The minimum Gasteiger partial charge on any atom is -0.457 e. The first kappa shape index (κ1) is 24.2. The average Bonchev–Trinajstić information content (AvgIpc) is 3.30. The molecule has 1 aromatic heterocycles. The number of nitrogens with zero attached hydrogens (tertiary/aromatic N) is 4. The number of rotatable bonds is 8. The zero-order valence-electron chi connectivity index (χ0n) is 21.1. The molecule has 5 rings (SSSR count). The number of amides is 1. The van der Waals surface area contributed by atoms with Crippen LogP contribution in [-0.4, -0.2) is 33.7 Å². The van der Waals surface area contributed by atoms with Gasteiger partial charge in [-0.05, 0) is 55.7 Å². The lowest BCUT2D eigenvalue weighted by atomic mass is 9.99. The van der Waals surface area contributed by atoms with E-state index in [-0.39, 0.29) is 12.1 Å². The molecule has 3 aromatic carbocycles. The molecule has 1 fully saturated rings. The molecule has 37 heavy (non-hydrogen) atoms.